The zero-order valence-corrected chi connectivity index (χ0v) is 14.6. The number of nitriles is 1. The van der Waals surface area contributed by atoms with Crippen LogP contribution in [0.1, 0.15) is 41.0 Å². The molecule has 0 aliphatic heterocycles. The van der Waals surface area contributed by atoms with Gasteiger partial charge in [0.25, 0.3) is 0 Å². The minimum absolute atomic E-state index is 0.0549. The van der Waals surface area contributed by atoms with Crippen LogP contribution in [0.2, 0.25) is 0 Å². The van der Waals surface area contributed by atoms with Gasteiger partial charge in [0.05, 0.1) is 36.3 Å². The lowest BCUT2D eigenvalue weighted by Crippen LogP contribution is -2.44. The molecule has 8 nitrogen and oxygen atoms in total. The first-order chi connectivity index (χ1) is 11.1. The monoisotopic (exact) mass is 354 g/mol. The van der Waals surface area contributed by atoms with Crippen molar-refractivity contribution >= 4 is 22.0 Å². The lowest BCUT2D eigenvalue weighted by atomic mass is 10.0. The van der Waals surface area contributed by atoms with Gasteiger partial charge in [-0.2, -0.15) is 9.98 Å². The summed E-state index contributed by atoms with van der Waals surface area (Å²) in [5.41, 5.74) is -1.68. The Morgan fingerprint density at radius 2 is 1.83 bits per heavy atom. The molecule has 0 spiro atoms. The van der Waals surface area contributed by atoms with Crippen molar-refractivity contribution in [3.05, 3.63) is 29.3 Å². The third kappa shape index (κ3) is 4.10. The van der Waals surface area contributed by atoms with E-state index < -0.39 is 32.4 Å². The maximum atomic E-state index is 12.6. The molecule has 0 radical (unpaired) electrons. The summed E-state index contributed by atoms with van der Waals surface area (Å²) in [6.07, 6.45) is 0.201. The van der Waals surface area contributed by atoms with E-state index in [1.165, 1.54) is 13.0 Å². The fourth-order valence-electron chi connectivity index (χ4n) is 1.79. The SMILES string of the molecule is CCC(C)(C#N)NS(=O)(=O)c1cc(C(=O)OC)ccc1C(=O)OC. The van der Waals surface area contributed by atoms with E-state index in [0.717, 1.165) is 26.4 Å². The highest BCUT2D eigenvalue weighted by atomic mass is 32.2. The second kappa shape index (κ2) is 7.42. The van der Waals surface area contributed by atoms with Crippen LogP contribution in [-0.4, -0.2) is 40.1 Å². The van der Waals surface area contributed by atoms with Gasteiger partial charge in [0.2, 0.25) is 10.0 Å². The van der Waals surface area contributed by atoms with Crippen LogP contribution in [0.5, 0.6) is 0 Å². The van der Waals surface area contributed by atoms with Gasteiger partial charge in [-0.25, -0.2) is 18.0 Å². The number of esters is 2. The molecule has 0 aromatic heterocycles. The Hall–Kier alpha value is -2.44. The third-order valence-corrected chi connectivity index (χ3v) is 5.05. The van der Waals surface area contributed by atoms with E-state index in [-0.39, 0.29) is 17.5 Å². The number of rotatable bonds is 6. The summed E-state index contributed by atoms with van der Waals surface area (Å²) in [7, 11) is -2.02. The Labute approximate surface area is 140 Å². The Balaban J connectivity index is 3.55. The third-order valence-electron chi connectivity index (χ3n) is 3.41. The minimum atomic E-state index is -4.27. The lowest BCUT2D eigenvalue weighted by Gasteiger charge is -2.22. The first-order valence-electron chi connectivity index (χ1n) is 6.90. The molecule has 1 aromatic carbocycles. The maximum Gasteiger partial charge on any atom is 0.339 e. The molecule has 1 aromatic rings. The van der Waals surface area contributed by atoms with E-state index in [0.29, 0.717) is 0 Å². The fraction of sp³-hybridized carbons (Fsp3) is 0.400. The number of hydrogen-bond donors (Lipinski definition) is 1. The summed E-state index contributed by atoms with van der Waals surface area (Å²) in [4.78, 5) is 23.0. The second-order valence-corrected chi connectivity index (χ2v) is 6.75. The first kappa shape index (κ1) is 19.6. The summed E-state index contributed by atoms with van der Waals surface area (Å²) in [6, 6.07) is 5.28. The Kier molecular flexibility index (Phi) is 6.06. The highest BCUT2D eigenvalue weighted by Crippen LogP contribution is 2.22. The highest BCUT2D eigenvalue weighted by Gasteiger charge is 2.32. The van der Waals surface area contributed by atoms with Crippen LogP contribution < -0.4 is 4.72 Å². The Morgan fingerprint density at radius 1 is 1.25 bits per heavy atom. The van der Waals surface area contributed by atoms with Gasteiger partial charge in [0, 0.05) is 0 Å². The number of nitrogens with zero attached hydrogens (tertiary/aromatic N) is 1. The number of nitrogens with one attached hydrogen (secondary N) is 1. The van der Waals surface area contributed by atoms with Crippen LogP contribution in [0, 0.1) is 11.3 Å². The molecule has 0 fully saturated rings. The Bertz CT molecular complexity index is 797. The van der Waals surface area contributed by atoms with Crippen LogP contribution in [0.15, 0.2) is 23.1 Å². The van der Waals surface area contributed by atoms with E-state index in [4.69, 9.17) is 5.26 Å². The summed E-state index contributed by atoms with van der Waals surface area (Å²) in [5, 5.41) is 9.16. The molecule has 0 aliphatic carbocycles. The van der Waals surface area contributed by atoms with Crippen LogP contribution in [0.25, 0.3) is 0 Å². The maximum absolute atomic E-state index is 12.6. The molecule has 0 bridgehead atoms. The van der Waals surface area contributed by atoms with Crippen LogP contribution in [-0.2, 0) is 19.5 Å². The fourth-order valence-corrected chi connectivity index (χ4v) is 3.41. The predicted octanol–water partition coefficient (Wildman–Crippen LogP) is 1.23. The summed E-state index contributed by atoms with van der Waals surface area (Å²) >= 11 is 0. The molecule has 130 valence electrons. The zero-order chi connectivity index (χ0) is 18.5. The molecule has 24 heavy (non-hydrogen) atoms. The zero-order valence-electron chi connectivity index (χ0n) is 13.7. The van der Waals surface area contributed by atoms with Crippen molar-refractivity contribution < 1.29 is 27.5 Å². The van der Waals surface area contributed by atoms with Crippen molar-refractivity contribution in [2.24, 2.45) is 0 Å². The largest absolute Gasteiger partial charge is 0.465 e. The van der Waals surface area contributed by atoms with E-state index in [1.54, 1.807) is 6.92 Å². The van der Waals surface area contributed by atoms with Crippen molar-refractivity contribution in [1.29, 1.82) is 5.26 Å². The standard InChI is InChI=1S/C15H18N2O6S/c1-5-15(2,9-16)17-24(20,21)12-8-10(13(18)22-3)6-7-11(12)14(19)23-4/h6-8,17H,5H2,1-4H3. The summed E-state index contributed by atoms with van der Waals surface area (Å²) in [5.74, 6) is -1.65. The van der Waals surface area contributed by atoms with Gasteiger partial charge in [-0.05, 0) is 31.5 Å². The normalized spacial score (nSPS) is 13.5. The number of carbonyl (C=O) groups is 2. The van der Waals surface area contributed by atoms with Gasteiger partial charge in [0.15, 0.2) is 0 Å². The number of ether oxygens (including phenoxy) is 2. The van der Waals surface area contributed by atoms with Crippen LogP contribution in [0.3, 0.4) is 0 Å². The smallest absolute Gasteiger partial charge is 0.339 e. The predicted molar refractivity (Wildman–Crippen MR) is 83.8 cm³/mol. The number of carbonyl (C=O) groups excluding carboxylic acids is 2. The molecular weight excluding hydrogens is 336 g/mol. The average Bonchev–Trinajstić information content (AvgIpc) is 2.59. The number of benzene rings is 1. The summed E-state index contributed by atoms with van der Waals surface area (Å²) < 4.78 is 36.7. The average molecular weight is 354 g/mol. The van der Waals surface area contributed by atoms with Crippen molar-refractivity contribution in [3.63, 3.8) is 0 Å². The quantitative estimate of drug-likeness (QED) is 0.762. The van der Waals surface area contributed by atoms with Crippen molar-refractivity contribution in [1.82, 2.24) is 4.72 Å². The van der Waals surface area contributed by atoms with Gasteiger partial charge in [0.1, 0.15) is 5.54 Å². The van der Waals surface area contributed by atoms with Gasteiger partial charge in [-0.3, -0.25) is 0 Å². The molecule has 1 unspecified atom stereocenters. The van der Waals surface area contributed by atoms with E-state index in [2.05, 4.69) is 14.2 Å². The van der Waals surface area contributed by atoms with Gasteiger partial charge < -0.3 is 9.47 Å². The highest BCUT2D eigenvalue weighted by molar-refractivity contribution is 7.89. The van der Waals surface area contributed by atoms with E-state index >= 15 is 0 Å². The number of sulfonamides is 1. The van der Waals surface area contributed by atoms with Crippen molar-refractivity contribution in [2.75, 3.05) is 14.2 Å². The van der Waals surface area contributed by atoms with Crippen LogP contribution in [0.4, 0.5) is 0 Å². The number of hydrogen-bond acceptors (Lipinski definition) is 7. The minimum Gasteiger partial charge on any atom is -0.465 e. The molecule has 0 amide bonds. The van der Waals surface area contributed by atoms with Crippen LogP contribution >= 0.6 is 0 Å². The van der Waals surface area contributed by atoms with E-state index in [9.17, 15) is 18.0 Å². The van der Waals surface area contributed by atoms with Gasteiger partial charge >= 0.3 is 11.9 Å². The molecule has 1 atom stereocenters. The molecule has 1 rings (SSSR count). The van der Waals surface area contributed by atoms with E-state index in [1.807, 2.05) is 6.07 Å². The molecular formula is C15H18N2O6S. The second-order valence-electron chi connectivity index (χ2n) is 5.10. The topological polar surface area (TPSA) is 123 Å². The molecule has 9 heteroatoms. The van der Waals surface area contributed by atoms with Gasteiger partial charge in [-0.15, -0.1) is 0 Å². The Morgan fingerprint density at radius 3 is 2.29 bits per heavy atom. The van der Waals surface area contributed by atoms with Gasteiger partial charge in [-0.1, -0.05) is 6.92 Å². The number of methoxy groups -OCH3 is 2. The lowest BCUT2D eigenvalue weighted by molar-refractivity contribution is 0.0583. The molecule has 0 saturated heterocycles. The molecule has 0 aliphatic rings. The molecule has 1 N–H and O–H groups in total. The van der Waals surface area contributed by atoms with Crippen molar-refractivity contribution in [3.8, 4) is 6.07 Å². The summed E-state index contributed by atoms with van der Waals surface area (Å²) in [6.45, 7) is 3.05. The molecule has 0 saturated carbocycles. The first-order valence-corrected chi connectivity index (χ1v) is 8.38. The molecule has 0 heterocycles. The van der Waals surface area contributed by atoms with Crippen molar-refractivity contribution in [2.45, 2.75) is 30.7 Å².